The number of hydrogen-bond acceptors (Lipinski definition) is 7. The van der Waals surface area contributed by atoms with Crippen molar-refractivity contribution in [3.8, 4) is 5.75 Å². The second kappa shape index (κ2) is 13.2. The molecule has 0 bridgehead atoms. The van der Waals surface area contributed by atoms with Crippen LogP contribution in [0.4, 0.5) is 4.79 Å². The van der Waals surface area contributed by atoms with E-state index in [1.165, 1.54) is 12.0 Å². The predicted molar refractivity (Wildman–Crippen MR) is 130 cm³/mol. The first-order chi connectivity index (χ1) is 16.9. The number of rotatable bonds is 13. The minimum atomic E-state index is -0.614. The molecule has 8 heteroatoms. The maximum Gasteiger partial charge on any atom is 0.416 e. The van der Waals surface area contributed by atoms with Gasteiger partial charge in [-0.05, 0) is 29.7 Å². The molecule has 1 heterocycles. The highest BCUT2D eigenvalue weighted by atomic mass is 16.7. The number of benzene rings is 2. The third-order valence-corrected chi connectivity index (χ3v) is 6.14. The molecule has 0 saturated carbocycles. The van der Waals surface area contributed by atoms with E-state index in [2.05, 4.69) is 0 Å². The number of methoxy groups -OCH3 is 2. The van der Waals surface area contributed by atoms with Crippen molar-refractivity contribution >= 4 is 12.0 Å². The number of amides is 2. The van der Waals surface area contributed by atoms with Crippen molar-refractivity contribution in [3.63, 3.8) is 0 Å². The normalized spacial score (nSPS) is 18.1. The van der Waals surface area contributed by atoms with Crippen LogP contribution in [0.25, 0.3) is 0 Å². The molecule has 0 radical (unpaired) electrons. The summed E-state index contributed by atoms with van der Waals surface area (Å²) in [5, 5.41) is 0. The molecule has 1 aliphatic rings. The lowest BCUT2D eigenvalue weighted by Gasteiger charge is -2.31. The van der Waals surface area contributed by atoms with Crippen LogP contribution >= 0.6 is 0 Å². The van der Waals surface area contributed by atoms with Gasteiger partial charge >= 0.3 is 6.09 Å². The van der Waals surface area contributed by atoms with Crippen LogP contribution in [0.1, 0.15) is 25.0 Å². The highest BCUT2D eigenvalue weighted by Gasteiger charge is 2.42. The summed E-state index contributed by atoms with van der Waals surface area (Å²) in [6.45, 7) is 4.73. The first-order valence-electron chi connectivity index (χ1n) is 11.8. The maximum atomic E-state index is 13.5. The summed E-state index contributed by atoms with van der Waals surface area (Å²) in [5.41, 5.74) is 2.05. The van der Waals surface area contributed by atoms with Crippen molar-refractivity contribution in [1.29, 1.82) is 0 Å². The molecule has 190 valence electrons. The molecule has 2 amide bonds. The van der Waals surface area contributed by atoms with Crippen molar-refractivity contribution < 1.29 is 33.3 Å². The first kappa shape index (κ1) is 26.7. The molecule has 1 aliphatic heterocycles. The van der Waals surface area contributed by atoms with Crippen molar-refractivity contribution in [2.24, 2.45) is 11.8 Å². The van der Waals surface area contributed by atoms with E-state index in [4.69, 9.17) is 23.7 Å². The van der Waals surface area contributed by atoms with Crippen LogP contribution in [0.5, 0.6) is 5.75 Å². The van der Waals surface area contributed by atoms with Gasteiger partial charge in [-0.1, -0.05) is 56.3 Å². The number of ether oxygens (including phenoxy) is 5. The smallest absolute Gasteiger partial charge is 0.416 e. The number of carbonyl (C=O) groups is 2. The number of nitrogens with zero attached hydrogens (tertiary/aromatic N) is 1. The van der Waals surface area contributed by atoms with Gasteiger partial charge in [0.25, 0.3) is 0 Å². The van der Waals surface area contributed by atoms with E-state index in [1.807, 2.05) is 61.5 Å². The zero-order valence-electron chi connectivity index (χ0n) is 20.8. The Balaban J connectivity index is 1.63. The predicted octanol–water partition coefficient (Wildman–Crippen LogP) is 4.06. The summed E-state index contributed by atoms with van der Waals surface area (Å²) in [7, 11) is 3.16. The van der Waals surface area contributed by atoms with Crippen LogP contribution in [0.2, 0.25) is 0 Å². The first-order valence-corrected chi connectivity index (χ1v) is 11.8. The van der Waals surface area contributed by atoms with Crippen LogP contribution in [-0.4, -0.2) is 63.3 Å². The largest absolute Gasteiger partial charge is 0.497 e. The molecule has 0 aromatic heterocycles. The molecule has 2 aromatic rings. The third-order valence-electron chi connectivity index (χ3n) is 6.14. The van der Waals surface area contributed by atoms with Crippen molar-refractivity contribution in [1.82, 2.24) is 4.90 Å². The van der Waals surface area contributed by atoms with E-state index < -0.39 is 18.1 Å². The lowest BCUT2D eigenvalue weighted by atomic mass is 9.92. The molecule has 8 nitrogen and oxygen atoms in total. The Kier molecular flexibility index (Phi) is 10.1. The average Bonchev–Trinajstić information content (AvgIpc) is 3.24. The van der Waals surface area contributed by atoms with Crippen LogP contribution < -0.4 is 4.74 Å². The second-order valence-corrected chi connectivity index (χ2v) is 8.80. The van der Waals surface area contributed by atoms with Crippen LogP contribution in [0.3, 0.4) is 0 Å². The van der Waals surface area contributed by atoms with E-state index in [0.29, 0.717) is 19.6 Å². The molecule has 0 aliphatic carbocycles. The van der Waals surface area contributed by atoms with Crippen LogP contribution in [0, 0.1) is 11.8 Å². The van der Waals surface area contributed by atoms with Crippen molar-refractivity contribution in [2.75, 3.05) is 34.2 Å². The number of imide groups is 1. The number of cyclic esters (lactones) is 1. The quantitative estimate of drug-likeness (QED) is 0.396. The minimum absolute atomic E-state index is 0.0308. The summed E-state index contributed by atoms with van der Waals surface area (Å²) in [6.07, 6.45) is -0.587. The topological polar surface area (TPSA) is 83.5 Å². The molecule has 4 atom stereocenters. The Morgan fingerprint density at radius 2 is 1.77 bits per heavy atom. The Bertz CT molecular complexity index is 934. The van der Waals surface area contributed by atoms with Gasteiger partial charge < -0.3 is 23.7 Å². The average molecular weight is 486 g/mol. The van der Waals surface area contributed by atoms with Gasteiger partial charge in [0.2, 0.25) is 5.91 Å². The summed E-state index contributed by atoms with van der Waals surface area (Å²) in [4.78, 5) is 27.2. The number of carbonyl (C=O) groups excluding carboxylic acids is 2. The molecule has 0 spiro atoms. The molecular weight excluding hydrogens is 450 g/mol. The highest BCUT2D eigenvalue weighted by Crippen LogP contribution is 2.25. The van der Waals surface area contributed by atoms with E-state index >= 15 is 0 Å². The molecule has 1 saturated heterocycles. The van der Waals surface area contributed by atoms with Gasteiger partial charge in [-0.2, -0.15) is 0 Å². The highest BCUT2D eigenvalue weighted by molar-refractivity contribution is 5.95. The zero-order valence-corrected chi connectivity index (χ0v) is 20.8. The fourth-order valence-corrected chi connectivity index (χ4v) is 4.25. The molecule has 0 unspecified atom stereocenters. The number of hydrogen-bond donors (Lipinski definition) is 0. The fraction of sp³-hybridized carbons (Fsp3) is 0.481. The summed E-state index contributed by atoms with van der Waals surface area (Å²) < 4.78 is 27.3. The summed E-state index contributed by atoms with van der Waals surface area (Å²) in [6, 6.07) is 17.0. The summed E-state index contributed by atoms with van der Waals surface area (Å²) in [5.74, 6) is -0.271. The van der Waals surface area contributed by atoms with E-state index in [1.54, 1.807) is 14.0 Å². The van der Waals surface area contributed by atoms with Gasteiger partial charge in [0, 0.05) is 13.0 Å². The maximum absolute atomic E-state index is 13.5. The fourth-order valence-electron chi connectivity index (χ4n) is 4.25. The summed E-state index contributed by atoms with van der Waals surface area (Å²) >= 11 is 0. The van der Waals surface area contributed by atoms with Crippen LogP contribution in [-0.2, 0) is 36.8 Å². The molecule has 1 fully saturated rings. The SMILES string of the molecule is COCO[C@@H]([C@@H](C)COCc1ccc(OC)cc1)[C@@H](C)C(=O)N1C(=O)OC[C@H]1Cc1ccccc1. The lowest BCUT2D eigenvalue weighted by Crippen LogP contribution is -2.48. The Morgan fingerprint density at radius 1 is 1.06 bits per heavy atom. The standard InChI is InChI=1S/C27H35NO7/c1-19(15-33-16-22-10-12-24(32-4)13-11-22)25(35-18-31-3)20(2)26(29)28-23(17-34-27(28)30)14-21-8-6-5-7-9-21/h5-13,19-20,23,25H,14-18H2,1-4H3/t19-,20+,23+,25-/m0/s1. The van der Waals surface area contributed by atoms with Gasteiger partial charge in [-0.3, -0.25) is 4.79 Å². The molecule has 35 heavy (non-hydrogen) atoms. The lowest BCUT2D eigenvalue weighted by molar-refractivity contribution is -0.151. The van der Waals surface area contributed by atoms with Crippen molar-refractivity contribution in [3.05, 3.63) is 65.7 Å². The Hall–Kier alpha value is -2.94. The van der Waals surface area contributed by atoms with Gasteiger partial charge in [-0.15, -0.1) is 0 Å². The van der Waals surface area contributed by atoms with E-state index in [9.17, 15) is 9.59 Å². The van der Waals surface area contributed by atoms with Crippen molar-refractivity contribution in [2.45, 2.75) is 39.0 Å². The molecular formula is C27H35NO7. The van der Waals surface area contributed by atoms with Gasteiger partial charge in [0.05, 0.1) is 38.4 Å². The Labute approximate surface area is 207 Å². The molecule has 2 aromatic carbocycles. The van der Waals surface area contributed by atoms with Gasteiger partial charge in [0.15, 0.2) is 0 Å². The Morgan fingerprint density at radius 3 is 2.43 bits per heavy atom. The molecule has 0 N–H and O–H groups in total. The monoisotopic (exact) mass is 485 g/mol. The van der Waals surface area contributed by atoms with Gasteiger partial charge in [-0.25, -0.2) is 9.69 Å². The third kappa shape index (κ3) is 7.27. The van der Waals surface area contributed by atoms with Crippen LogP contribution in [0.15, 0.2) is 54.6 Å². The minimum Gasteiger partial charge on any atom is -0.497 e. The zero-order chi connectivity index (χ0) is 25.2. The van der Waals surface area contributed by atoms with E-state index in [-0.39, 0.29) is 31.3 Å². The van der Waals surface area contributed by atoms with Gasteiger partial charge in [0.1, 0.15) is 19.1 Å². The molecule has 3 rings (SSSR count). The van der Waals surface area contributed by atoms with E-state index in [0.717, 1.165) is 16.9 Å². The second-order valence-electron chi connectivity index (χ2n) is 8.80.